The maximum atomic E-state index is 13.8. The van der Waals surface area contributed by atoms with Crippen molar-refractivity contribution in [1.29, 1.82) is 0 Å². The lowest BCUT2D eigenvalue weighted by Crippen LogP contribution is -2.15. The summed E-state index contributed by atoms with van der Waals surface area (Å²) in [5.41, 5.74) is -2.46. The fraction of sp³-hybridized carbons (Fsp3) is 0.143. The van der Waals surface area contributed by atoms with Crippen LogP contribution < -0.4 is 4.74 Å². The Hall–Kier alpha value is -2.44. The molecular formula is C14H9F4NO2. The average Bonchev–Trinajstić information content (AvgIpc) is 2.45. The topological polar surface area (TPSA) is 39.2 Å². The van der Waals surface area contributed by atoms with Crippen molar-refractivity contribution in [3.63, 3.8) is 0 Å². The second-order valence-electron chi connectivity index (χ2n) is 4.07. The van der Waals surface area contributed by atoms with E-state index in [1.165, 1.54) is 19.2 Å². The molecule has 1 aromatic carbocycles. The van der Waals surface area contributed by atoms with E-state index in [1.54, 1.807) is 0 Å². The molecule has 1 aromatic heterocycles. The molecule has 0 radical (unpaired) electrons. The minimum atomic E-state index is -4.74. The summed E-state index contributed by atoms with van der Waals surface area (Å²) < 4.78 is 57.3. The van der Waals surface area contributed by atoms with Crippen LogP contribution in [-0.4, -0.2) is 17.9 Å². The van der Waals surface area contributed by atoms with Crippen molar-refractivity contribution in [1.82, 2.24) is 4.98 Å². The number of ketones is 1. The summed E-state index contributed by atoms with van der Waals surface area (Å²) in [7, 11) is 1.19. The van der Waals surface area contributed by atoms with Gasteiger partial charge in [0.15, 0.2) is 0 Å². The van der Waals surface area contributed by atoms with E-state index in [2.05, 4.69) is 4.98 Å². The van der Waals surface area contributed by atoms with Gasteiger partial charge in [-0.05, 0) is 18.2 Å². The number of ether oxygens (including phenoxy) is 1. The first-order valence-electron chi connectivity index (χ1n) is 5.74. The second-order valence-corrected chi connectivity index (χ2v) is 4.07. The molecule has 0 aliphatic heterocycles. The van der Waals surface area contributed by atoms with Crippen LogP contribution >= 0.6 is 0 Å². The Kier molecular flexibility index (Phi) is 3.93. The van der Waals surface area contributed by atoms with Gasteiger partial charge in [0.1, 0.15) is 17.1 Å². The molecule has 3 nitrogen and oxygen atoms in total. The molecule has 110 valence electrons. The largest absolute Gasteiger partial charge is 0.496 e. The zero-order valence-corrected chi connectivity index (χ0v) is 10.7. The fourth-order valence-electron chi connectivity index (χ4n) is 1.85. The third-order valence-electron chi connectivity index (χ3n) is 2.79. The molecule has 0 spiro atoms. The number of aromatic nitrogens is 1. The van der Waals surface area contributed by atoms with Crippen LogP contribution in [0.1, 0.15) is 21.5 Å². The minimum absolute atomic E-state index is 0.142. The molecule has 0 atom stereocenters. The molecule has 0 unspecified atom stereocenters. The van der Waals surface area contributed by atoms with Gasteiger partial charge in [-0.25, -0.2) is 4.39 Å². The molecule has 0 saturated heterocycles. The summed E-state index contributed by atoms with van der Waals surface area (Å²) in [6.45, 7) is 0. The molecule has 0 aliphatic carbocycles. The van der Waals surface area contributed by atoms with E-state index in [4.69, 9.17) is 4.74 Å². The number of hydrogen-bond donors (Lipinski definition) is 0. The number of halogens is 4. The molecule has 7 heteroatoms. The molecule has 0 N–H and O–H groups in total. The summed E-state index contributed by atoms with van der Waals surface area (Å²) in [6.07, 6.45) is -3.07. The quantitative estimate of drug-likeness (QED) is 0.643. The van der Waals surface area contributed by atoms with Crippen LogP contribution in [0.2, 0.25) is 0 Å². The van der Waals surface area contributed by atoms with Crippen molar-refractivity contribution in [2.75, 3.05) is 7.11 Å². The standard InChI is InChI=1S/C14H9F4NO2/c1-21-11-4-2-3-10(15)12(11)13(20)8-7-19-6-5-9(8)14(16,17)18/h2-7H,1H3. The number of carbonyl (C=O) groups is 1. The Morgan fingerprint density at radius 3 is 2.57 bits per heavy atom. The highest BCUT2D eigenvalue weighted by Crippen LogP contribution is 2.34. The van der Waals surface area contributed by atoms with Gasteiger partial charge in [-0.1, -0.05) is 6.07 Å². The van der Waals surface area contributed by atoms with Crippen molar-refractivity contribution < 1.29 is 27.1 Å². The van der Waals surface area contributed by atoms with Gasteiger partial charge >= 0.3 is 6.18 Å². The Bertz CT molecular complexity index is 683. The lowest BCUT2D eigenvalue weighted by atomic mass is 9.99. The number of pyridine rings is 1. The SMILES string of the molecule is COc1cccc(F)c1C(=O)c1cnccc1C(F)(F)F. The molecule has 0 amide bonds. The van der Waals surface area contributed by atoms with Crippen LogP contribution in [-0.2, 0) is 6.18 Å². The van der Waals surface area contributed by atoms with Crippen LogP contribution in [0.15, 0.2) is 36.7 Å². The highest BCUT2D eigenvalue weighted by molar-refractivity contribution is 6.11. The molecule has 0 bridgehead atoms. The summed E-state index contributed by atoms with van der Waals surface area (Å²) in [5, 5.41) is 0. The van der Waals surface area contributed by atoms with Crippen molar-refractivity contribution in [3.8, 4) is 5.75 Å². The van der Waals surface area contributed by atoms with E-state index in [0.29, 0.717) is 6.07 Å². The number of hydrogen-bond acceptors (Lipinski definition) is 3. The zero-order valence-electron chi connectivity index (χ0n) is 10.7. The average molecular weight is 299 g/mol. The van der Waals surface area contributed by atoms with E-state index >= 15 is 0 Å². The first-order valence-corrected chi connectivity index (χ1v) is 5.74. The molecule has 0 fully saturated rings. The fourth-order valence-corrected chi connectivity index (χ4v) is 1.85. The van der Waals surface area contributed by atoms with Gasteiger partial charge in [-0.15, -0.1) is 0 Å². The molecule has 0 aliphatic rings. The summed E-state index contributed by atoms with van der Waals surface area (Å²) in [4.78, 5) is 15.8. The highest BCUT2D eigenvalue weighted by Gasteiger charge is 2.36. The lowest BCUT2D eigenvalue weighted by molar-refractivity contribution is -0.137. The Labute approximate surface area is 117 Å². The van der Waals surface area contributed by atoms with Gasteiger partial charge in [0, 0.05) is 12.4 Å². The number of alkyl halides is 3. The van der Waals surface area contributed by atoms with Gasteiger partial charge in [-0.3, -0.25) is 9.78 Å². The van der Waals surface area contributed by atoms with E-state index < -0.39 is 34.5 Å². The zero-order chi connectivity index (χ0) is 15.6. The molecule has 0 saturated carbocycles. The maximum absolute atomic E-state index is 13.8. The van der Waals surface area contributed by atoms with E-state index in [0.717, 1.165) is 18.5 Å². The minimum Gasteiger partial charge on any atom is -0.496 e. The normalized spacial score (nSPS) is 11.3. The first-order chi connectivity index (χ1) is 9.86. The van der Waals surface area contributed by atoms with Gasteiger partial charge < -0.3 is 4.74 Å². The first kappa shape index (κ1) is 15.0. The monoisotopic (exact) mass is 299 g/mol. The highest BCUT2D eigenvalue weighted by atomic mass is 19.4. The lowest BCUT2D eigenvalue weighted by Gasteiger charge is -2.13. The van der Waals surface area contributed by atoms with Gasteiger partial charge in [0.05, 0.1) is 18.2 Å². The summed E-state index contributed by atoms with van der Waals surface area (Å²) in [5.74, 6) is -2.24. The molecule has 21 heavy (non-hydrogen) atoms. The van der Waals surface area contributed by atoms with Crippen LogP contribution in [0.3, 0.4) is 0 Å². The number of carbonyl (C=O) groups excluding carboxylic acids is 1. The Morgan fingerprint density at radius 2 is 1.95 bits per heavy atom. The third kappa shape index (κ3) is 2.86. The smallest absolute Gasteiger partial charge is 0.417 e. The Balaban J connectivity index is 2.62. The van der Waals surface area contributed by atoms with Crippen LogP contribution in [0.4, 0.5) is 17.6 Å². The van der Waals surface area contributed by atoms with Crippen LogP contribution in [0.5, 0.6) is 5.75 Å². The molecule has 2 aromatic rings. The third-order valence-corrected chi connectivity index (χ3v) is 2.79. The number of rotatable bonds is 3. The second kappa shape index (κ2) is 5.51. The number of methoxy groups -OCH3 is 1. The van der Waals surface area contributed by atoms with Crippen LogP contribution in [0.25, 0.3) is 0 Å². The maximum Gasteiger partial charge on any atom is 0.417 e. The van der Waals surface area contributed by atoms with E-state index in [-0.39, 0.29) is 5.75 Å². The molecule has 1 heterocycles. The molecular weight excluding hydrogens is 290 g/mol. The summed E-state index contributed by atoms with van der Waals surface area (Å²) >= 11 is 0. The Morgan fingerprint density at radius 1 is 1.24 bits per heavy atom. The van der Waals surface area contributed by atoms with Gasteiger partial charge in [-0.2, -0.15) is 13.2 Å². The summed E-state index contributed by atoms with van der Waals surface area (Å²) in [6, 6.07) is 4.22. The number of nitrogens with zero attached hydrogens (tertiary/aromatic N) is 1. The van der Waals surface area contributed by atoms with Gasteiger partial charge in [0.25, 0.3) is 0 Å². The number of benzene rings is 1. The van der Waals surface area contributed by atoms with E-state index in [9.17, 15) is 22.4 Å². The van der Waals surface area contributed by atoms with Gasteiger partial charge in [0.2, 0.25) is 5.78 Å². The van der Waals surface area contributed by atoms with Crippen LogP contribution in [0, 0.1) is 5.82 Å². The van der Waals surface area contributed by atoms with Crippen molar-refractivity contribution in [2.24, 2.45) is 0 Å². The predicted octanol–water partition coefficient (Wildman–Crippen LogP) is 3.48. The molecule has 2 rings (SSSR count). The van der Waals surface area contributed by atoms with E-state index in [1.807, 2.05) is 0 Å². The van der Waals surface area contributed by atoms with Crippen molar-refractivity contribution in [3.05, 3.63) is 59.2 Å². The van der Waals surface area contributed by atoms with Crippen molar-refractivity contribution >= 4 is 5.78 Å². The predicted molar refractivity (Wildman–Crippen MR) is 65.6 cm³/mol. The van der Waals surface area contributed by atoms with Crippen molar-refractivity contribution in [2.45, 2.75) is 6.18 Å².